The number of nitrogens with one attached hydrogen (secondary N) is 1. The Morgan fingerprint density at radius 2 is 1.97 bits per heavy atom. The molecule has 1 N–H and O–H groups in total. The van der Waals surface area contributed by atoms with Crippen LogP contribution in [0, 0.1) is 11.3 Å². The number of alkyl halides is 3. The molecule has 1 aliphatic carbocycles. The number of amides is 1. The molecule has 2 aromatic rings. The lowest BCUT2D eigenvalue weighted by Crippen LogP contribution is -2.51. The minimum atomic E-state index is -4.43. The molecule has 5 nitrogen and oxygen atoms in total. The largest absolute Gasteiger partial charge is 0.406 e. The van der Waals surface area contributed by atoms with E-state index >= 15 is 0 Å². The summed E-state index contributed by atoms with van der Waals surface area (Å²) in [6, 6.07) is 10.9. The number of carbonyl (C=O) groups is 1. The molecule has 9 heteroatoms. The number of rotatable bonds is 6. The predicted octanol–water partition coefficient (Wildman–Crippen LogP) is 4.94. The molecule has 3 rings (SSSR count). The van der Waals surface area contributed by atoms with Crippen molar-refractivity contribution in [1.82, 2.24) is 14.9 Å². The van der Waals surface area contributed by atoms with Gasteiger partial charge in [-0.15, -0.1) is 0 Å². The van der Waals surface area contributed by atoms with E-state index in [1.807, 2.05) is 0 Å². The Morgan fingerprint density at radius 1 is 1.30 bits per heavy atom. The Hall–Kier alpha value is -2.47. The van der Waals surface area contributed by atoms with Crippen LogP contribution in [0.15, 0.2) is 41.7 Å². The number of aromatic nitrogens is 2. The molecule has 1 fully saturated rings. The summed E-state index contributed by atoms with van der Waals surface area (Å²) in [5.41, 5.74) is 0.0634. The average molecular weight is 437 g/mol. The second-order valence-electron chi connectivity index (χ2n) is 7.50. The smallest absolute Gasteiger partial charge is 0.337 e. The van der Waals surface area contributed by atoms with Gasteiger partial charge in [0.25, 0.3) is 0 Å². The van der Waals surface area contributed by atoms with E-state index in [4.69, 9.17) is 0 Å². The molecule has 160 valence electrons. The summed E-state index contributed by atoms with van der Waals surface area (Å²) in [4.78, 5) is 16.9. The molecular weight excluding hydrogens is 413 g/mol. The highest BCUT2D eigenvalue weighted by Gasteiger charge is 2.36. The lowest BCUT2D eigenvalue weighted by atomic mass is 9.83. The number of halogens is 3. The molecule has 30 heavy (non-hydrogen) atoms. The Labute approximate surface area is 177 Å². The van der Waals surface area contributed by atoms with Crippen molar-refractivity contribution >= 4 is 17.7 Å². The molecule has 1 aromatic carbocycles. The molecule has 0 bridgehead atoms. The molecule has 0 spiro atoms. The van der Waals surface area contributed by atoms with Gasteiger partial charge in [-0.05, 0) is 25.3 Å². The van der Waals surface area contributed by atoms with Crippen LogP contribution in [0.1, 0.15) is 39.0 Å². The van der Waals surface area contributed by atoms with Crippen LogP contribution in [0.5, 0.6) is 0 Å². The lowest BCUT2D eigenvalue weighted by Gasteiger charge is -2.32. The Morgan fingerprint density at radius 3 is 2.57 bits per heavy atom. The van der Waals surface area contributed by atoms with Crippen molar-refractivity contribution in [2.75, 3.05) is 0 Å². The van der Waals surface area contributed by atoms with Crippen molar-refractivity contribution in [3.63, 3.8) is 0 Å². The maximum atomic E-state index is 13.2. The molecule has 1 saturated carbocycles. The van der Waals surface area contributed by atoms with Gasteiger partial charge in [0.15, 0.2) is 5.16 Å². The maximum absolute atomic E-state index is 13.2. The molecule has 0 aliphatic heterocycles. The molecule has 1 aliphatic rings. The van der Waals surface area contributed by atoms with Crippen LogP contribution in [0.4, 0.5) is 13.2 Å². The highest BCUT2D eigenvalue weighted by Crippen LogP contribution is 2.33. The van der Waals surface area contributed by atoms with Gasteiger partial charge in [0.1, 0.15) is 12.1 Å². The van der Waals surface area contributed by atoms with Crippen LogP contribution in [-0.4, -0.2) is 32.4 Å². The topological polar surface area (TPSA) is 70.7 Å². The van der Waals surface area contributed by atoms with E-state index in [0.717, 1.165) is 35.6 Å². The van der Waals surface area contributed by atoms with E-state index in [2.05, 4.69) is 16.4 Å². The number of hydrogen-bond acceptors (Lipinski definition) is 4. The zero-order chi connectivity index (χ0) is 21.8. The SMILES string of the molecule is CC(Sc1ncc(-c2ccccc2)n1CC(F)(F)F)C(=O)NC1(C#N)CCCCC1. The number of nitriles is 1. The van der Waals surface area contributed by atoms with E-state index in [1.54, 1.807) is 37.3 Å². The third-order valence-corrected chi connectivity index (χ3v) is 6.27. The van der Waals surface area contributed by atoms with Crippen LogP contribution >= 0.6 is 11.8 Å². The molecule has 1 unspecified atom stereocenters. The van der Waals surface area contributed by atoms with Crippen LogP contribution in [0.25, 0.3) is 11.3 Å². The number of thioether (sulfide) groups is 1. The predicted molar refractivity (Wildman–Crippen MR) is 109 cm³/mol. The normalized spacial score (nSPS) is 17.2. The molecule has 0 radical (unpaired) electrons. The molecule has 1 atom stereocenters. The van der Waals surface area contributed by atoms with Crippen molar-refractivity contribution in [1.29, 1.82) is 5.26 Å². The third-order valence-electron chi connectivity index (χ3n) is 5.16. The fourth-order valence-electron chi connectivity index (χ4n) is 3.59. The third kappa shape index (κ3) is 5.36. The summed E-state index contributed by atoms with van der Waals surface area (Å²) in [7, 11) is 0. The van der Waals surface area contributed by atoms with Crippen LogP contribution < -0.4 is 5.32 Å². The summed E-state index contributed by atoms with van der Waals surface area (Å²) in [5, 5.41) is 11.8. The van der Waals surface area contributed by atoms with Gasteiger partial charge in [-0.2, -0.15) is 18.4 Å². The Kier molecular flexibility index (Phi) is 6.76. The minimum absolute atomic E-state index is 0.114. The quantitative estimate of drug-likeness (QED) is 0.652. The van der Waals surface area contributed by atoms with E-state index in [9.17, 15) is 23.2 Å². The Bertz CT molecular complexity index is 915. The van der Waals surface area contributed by atoms with E-state index < -0.39 is 23.5 Å². The van der Waals surface area contributed by atoms with Gasteiger partial charge >= 0.3 is 6.18 Å². The van der Waals surface area contributed by atoms with Crippen LogP contribution in [-0.2, 0) is 11.3 Å². The van der Waals surface area contributed by atoms with Gasteiger partial charge in [-0.3, -0.25) is 4.79 Å². The zero-order valence-corrected chi connectivity index (χ0v) is 17.4. The summed E-state index contributed by atoms with van der Waals surface area (Å²) in [5.74, 6) is -0.369. The molecule has 1 heterocycles. The number of hydrogen-bond donors (Lipinski definition) is 1. The van der Waals surface area contributed by atoms with Gasteiger partial charge in [0, 0.05) is 0 Å². The van der Waals surface area contributed by atoms with Gasteiger partial charge in [0.05, 0.1) is 23.2 Å². The van der Waals surface area contributed by atoms with Gasteiger partial charge in [-0.1, -0.05) is 61.4 Å². The summed E-state index contributed by atoms with van der Waals surface area (Å²) < 4.78 is 40.8. The maximum Gasteiger partial charge on any atom is 0.406 e. The number of nitrogens with zero attached hydrogens (tertiary/aromatic N) is 3. The molecule has 0 saturated heterocycles. The monoisotopic (exact) mass is 436 g/mol. The van der Waals surface area contributed by atoms with Gasteiger partial charge in [0.2, 0.25) is 5.91 Å². The summed E-state index contributed by atoms with van der Waals surface area (Å²) >= 11 is 0.963. The van der Waals surface area contributed by atoms with Gasteiger partial charge < -0.3 is 9.88 Å². The highest BCUT2D eigenvalue weighted by molar-refractivity contribution is 8.00. The second-order valence-corrected chi connectivity index (χ2v) is 8.81. The molecule has 1 aromatic heterocycles. The van der Waals surface area contributed by atoms with Crippen molar-refractivity contribution in [3.05, 3.63) is 36.5 Å². The first-order chi connectivity index (χ1) is 14.2. The number of benzene rings is 1. The fraction of sp³-hybridized carbons (Fsp3) is 0.476. The molecule has 1 amide bonds. The average Bonchev–Trinajstić information content (AvgIpc) is 3.09. The fourth-order valence-corrected chi connectivity index (χ4v) is 4.48. The van der Waals surface area contributed by atoms with E-state index in [-0.39, 0.29) is 11.1 Å². The first-order valence-electron chi connectivity index (χ1n) is 9.81. The van der Waals surface area contributed by atoms with Crippen LogP contribution in [0.3, 0.4) is 0 Å². The van der Waals surface area contributed by atoms with E-state index in [1.165, 1.54) is 6.20 Å². The second kappa shape index (κ2) is 9.13. The van der Waals surface area contributed by atoms with E-state index in [0.29, 0.717) is 24.1 Å². The minimum Gasteiger partial charge on any atom is -0.337 e. The highest BCUT2D eigenvalue weighted by atomic mass is 32.2. The van der Waals surface area contributed by atoms with Crippen molar-refractivity contribution < 1.29 is 18.0 Å². The van der Waals surface area contributed by atoms with Crippen molar-refractivity contribution in [2.24, 2.45) is 0 Å². The zero-order valence-electron chi connectivity index (χ0n) is 16.6. The van der Waals surface area contributed by atoms with Crippen molar-refractivity contribution in [2.45, 2.75) is 67.7 Å². The first-order valence-corrected chi connectivity index (χ1v) is 10.7. The molecular formula is C21H23F3N4OS. The van der Waals surface area contributed by atoms with Crippen molar-refractivity contribution in [3.8, 4) is 17.3 Å². The number of carbonyl (C=O) groups excluding carboxylic acids is 1. The summed E-state index contributed by atoms with van der Waals surface area (Å²) in [6.07, 6.45) is 0.906. The summed E-state index contributed by atoms with van der Waals surface area (Å²) in [6.45, 7) is 0.415. The van der Waals surface area contributed by atoms with Crippen LogP contribution in [0.2, 0.25) is 0 Å². The Balaban J connectivity index is 1.80. The standard InChI is InChI=1S/C21H23F3N4OS/c1-15(18(29)27-20(13-25)10-6-3-7-11-20)30-19-26-12-17(16-8-4-2-5-9-16)28(19)14-21(22,23)24/h2,4-5,8-9,12,15H,3,6-7,10-11,14H2,1H3,(H,27,29). The van der Waals surface area contributed by atoms with Gasteiger partial charge in [-0.25, -0.2) is 4.98 Å². The number of imidazole rings is 1. The lowest BCUT2D eigenvalue weighted by molar-refractivity contribution is -0.141. The first kappa shape index (κ1) is 22.2.